The first kappa shape index (κ1) is 17.6. The van der Waals surface area contributed by atoms with E-state index in [1.54, 1.807) is 11.3 Å². The molecule has 0 radical (unpaired) electrons. The van der Waals surface area contributed by atoms with Crippen molar-refractivity contribution in [2.24, 2.45) is 11.7 Å². The van der Waals surface area contributed by atoms with Gasteiger partial charge in [0, 0.05) is 16.6 Å². The van der Waals surface area contributed by atoms with Gasteiger partial charge in [-0.05, 0) is 25.0 Å². The Balaban J connectivity index is 0.00000220. The lowest BCUT2D eigenvalue weighted by atomic mass is 10.0. The van der Waals surface area contributed by atoms with E-state index in [-0.39, 0.29) is 24.2 Å². The second kappa shape index (κ2) is 7.54. The molecule has 1 heterocycles. The number of thiazole rings is 1. The average molecular weight is 326 g/mol. The molecule has 21 heavy (non-hydrogen) atoms. The topological polar surface area (TPSA) is 68.0 Å². The zero-order valence-electron chi connectivity index (χ0n) is 12.3. The van der Waals surface area contributed by atoms with E-state index in [2.05, 4.69) is 10.3 Å². The monoisotopic (exact) mass is 325 g/mol. The van der Waals surface area contributed by atoms with E-state index in [0.717, 1.165) is 22.0 Å². The molecule has 4 nitrogen and oxygen atoms in total. The SMILES string of the molecule is Cc1nc(-c2ccc(NC(=O)[C@H](N)C(C)C)cc2)cs1.Cl. The van der Waals surface area contributed by atoms with Gasteiger partial charge in [-0.25, -0.2) is 4.98 Å². The van der Waals surface area contributed by atoms with Crippen LogP contribution in [0.1, 0.15) is 18.9 Å². The Bertz CT molecular complexity index is 595. The first-order valence-electron chi connectivity index (χ1n) is 6.56. The maximum atomic E-state index is 11.9. The standard InChI is InChI=1S/C15H19N3OS.ClH/c1-9(2)14(16)15(19)18-12-6-4-11(5-7-12)13-8-20-10(3)17-13;/h4-9,14H,16H2,1-3H3,(H,18,19);1H/t14-;/m1./s1. The highest BCUT2D eigenvalue weighted by molar-refractivity contribution is 7.09. The van der Waals surface area contributed by atoms with Gasteiger partial charge >= 0.3 is 0 Å². The molecule has 0 spiro atoms. The predicted molar refractivity (Wildman–Crippen MR) is 91.0 cm³/mol. The van der Waals surface area contributed by atoms with E-state index < -0.39 is 6.04 Å². The van der Waals surface area contributed by atoms with Crippen LogP contribution in [0.3, 0.4) is 0 Å². The Labute approximate surface area is 135 Å². The summed E-state index contributed by atoms with van der Waals surface area (Å²) in [7, 11) is 0. The van der Waals surface area contributed by atoms with Crippen LogP contribution >= 0.6 is 23.7 Å². The van der Waals surface area contributed by atoms with Gasteiger partial charge in [0.1, 0.15) is 0 Å². The van der Waals surface area contributed by atoms with Gasteiger partial charge in [-0.1, -0.05) is 26.0 Å². The summed E-state index contributed by atoms with van der Waals surface area (Å²) in [5.41, 5.74) is 8.57. The first-order chi connectivity index (χ1) is 9.47. The Kier molecular flexibility index (Phi) is 6.33. The molecule has 3 N–H and O–H groups in total. The van der Waals surface area contributed by atoms with Crippen molar-refractivity contribution in [2.75, 3.05) is 5.32 Å². The summed E-state index contributed by atoms with van der Waals surface area (Å²) in [6.07, 6.45) is 0. The van der Waals surface area contributed by atoms with Crippen molar-refractivity contribution in [3.63, 3.8) is 0 Å². The summed E-state index contributed by atoms with van der Waals surface area (Å²) in [5, 5.41) is 5.89. The number of carbonyl (C=O) groups is 1. The quantitative estimate of drug-likeness (QED) is 0.904. The summed E-state index contributed by atoms with van der Waals surface area (Å²) < 4.78 is 0. The number of hydrogen-bond donors (Lipinski definition) is 2. The molecule has 2 rings (SSSR count). The van der Waals surface area contributed by atoms with Crippen molar-refractivity contribution >= 4 is 35.3 Å². The molecule has 1 aromatic carbocycles. The van der Waals surface area contributed by atoms with Crippen molar-refractivity contribution in [2.45, 2.75) is 26.8 Å². The molecule has 1 atom stereocenters. The molecule has 0 aliphatic heterocycles. The highest BCUT2D eigenvalue weighted by Crippen LogP contribution is 2.23. The summed E-state index contributed by atoms with van der Waals surface area (Å²) in [6.45, 7) is 5.84. The molecule has 0 aliphatic rings. The molecule has 114 valence electrons. The van der Waals surface area contributed by atoms with Crippen molar-refractivity contribution < 1.29 is 4.79 Å². The molecular weight excluding hydrogens is 306 g/mol. The van der Waals surface area contributed by atoms with Crippen LogP contribution in [0.2, 0.25) is 0 Å². The van der Waals surface area contributed by atoms with Crippen LogP contribution < -0.4 is 11.1 Å². The van der Waals surface area contributed by atoms with E-state index in [1.165, 1.54) is 0 Å². The van der Waals surface area contributed by atoms with Crippen LogP contribution in [0.5, 0.6) is 0 Å². The van der Waals surface area contributed by atoms with Crippen molar-refractivity contribution in [3.8, 4) is 11.3 Å². The number of nitrogens with zero attached hydrogens (tertiary/aromatic N) is 1. The summed E-state index contributed by atoms with van der Waals surface area (Å²) in [5.74, 6) is -0.0375. The Hall–Kier alpha value is -1.43. The zero-order chi connectivity index (χ0) is 14.7. The van der Waals surface area contributed by atoms with Crippen molar-refractivity contribution in [3.05, 3.63) is 34.7 Å². The number of amides is 1. The molecule has 0 bridgehead atoms. The van der Waals surface area contributed by atoms with Gasteiger partial charge in [0.05, 0.1) is 16.7 Å². The van der Waals surface area contributed by atoms with Crippen LogP contribution in [-0.2, 0) is 4.79 Å². The fourth-order valence-corrected chi connectivity index (χ4v) is 2.37. The fraction of sp³-hybridized carbons (Fsp3) is 0.333. The zero-order valence-corrected chi connectivity index (χ0v) is 13.9. The van der Waals surface area contributed by atoms with Crippen LogP contribution in [0.4, 0.5) is 5.69 Å². The number of nitrogens with one attached hydrogen (secondary N) is 1. The van der Waals surface area contributed by atoms with Gasteiger partial charge in [0.25, 0.3) is 0 Å². The molecule has 6 heteroatoms. The number of rotatable bonds is 4. The summed E-state index contributed by atoms with van der Waals surface area (Å²) >= 11 is 1.62. The smallest absolute Gasteiger partial charge is 0.241 e. The number of anilines is 1. The highest BCUT2D eigenvalue weighted by atomic mass is 35.5. The maximum Gasteiger partial charge on any atom is 0.241 e. The van der Waals surface area contributed by atoms with E-state index in [9.17, 15) is 4.79 Å². The van der Waals surface area contributed by atoms with E-state index in [0.29, 0.717) is 0 Å². The number of carbonyl (C=O) groups excluding carboxylic acids is 1. The van der Waals surface area contributed by atoms with Gasteiger partial charge in [0.2, 0.25) is 5.91 Å². The number of benzene rings is 1. The van der Waals surface area contributed by atoms with Crippen LogP contribution in [0, 0.1) is 12.8 Å². The second-order valence-electron chi connectivity index (χ2n) is 5.09. The minimum absolute atomic E-state index is 0. The maximum absolute atomic E-state index is 11.9. The van der Waals surface area contributed by atoms with Crippen LogP contribution in [0.25, 0.3) is 11.3 Å². The lowest BCUT2D eigenvalue weighted by molar-refractivity contribution is -0.118. The van der Waals surface area contributed by atoms with Crippen LogP contribution in [-0.4, -0.2) is 16.9 Å². The first-order valence-corrected chi connectivity index (χ1v) is 7.44. The highest BCUT2D eigenvalue weighted by Gasteiger charge is 2.17. The summed E-state index contributed by atoms with van der Waals surface area (Å²) in [4.78, 5) is 16.3. The Morgan fingerprint density at radius 3 is 2.38 bits per heavy atom. The largest absolute Gasteiger partial charge is 0.325 e. The van der Waals surface area contributed by atoms with E-state index in [4.69, 9.17) is 5.73 Å². The van der Waals surface area contributed by atoms with E-state index in [1.807, 2.05) is 50.4 Å². The number of aryl methyl sites for hydroxylation is 1. The van der Waals surface area contributed by atoms with Gasteiger partial charge in [0.15, 0.2) is 0 Å². The molecule has 0 aliphatic carbocycles. The minimum atomic E-state index is -0.490. The van der Waals surface area contributed by atoms with Gasteiger partial charge in [-0.15, -0.1) is 23.7 Å². The third-order valence-electron chi connectivity index (χ3n) is 3.09. The van der Waals surface area contributed by atoms with Gasteiger partial charge < -0.3 is 11.1 Å². The van der Waals surface area contributed by atoms with Gasteiger partial charge in [-0.3, -0.25) is 4.79 Å². The van der Waals surface area contributed by atoms with Crippen molar-refractivity contribution in [1.29, 1.82) is 0 Å². The molecule has 0 saturated heterocycles. The summed E-state index contributed by atoms with van der Waals surface area (Å²) in [6, 6.07) is 7.15. The third kappa shape index (κ3) is 4.52. The number of aromatic nitrogens is 1. The normalized spacial score (nSPS) is 11.9. The number of hydrogen-bond acceptors (Lipinski definition) is 4. The number of nitrogens with two attached hydrogens (primary N) is 1. The second-order valence-corrected chi connectivity index (χ2v) is 6.15. The minimum Gasteiger partial charge on any atom is -0.325 e. The molecule has 2 aromatic rings. The Morgan fingerprint density at radius 1 is 1.29 bits per heavy atom. The van der Waals surface area contributed by atoms with Crippen LogP contribution in [0.15, 0.2) is 29.6 Å². The molecule has 1 amide bonds. The lowest BCUT2D eigenvalue weighted by Crippen LogP contribution is -2.39. The molecule has 0 saturated carbocycles. The lowest BCUT2D eigenvalue weighted by Gasteiger charge is -2.15. The van der Waals surface area contributed by atoms with E-state index >= 15 is 0 Å². The molecule has 0 unspecified atom stereocenters. The predicted octanol–water partition coefficient (Wildman–Crippen LogP) is 3.46. The van der Waals surface area contributed by atoms with Gasteiger partial charge in [-0.2, -0.15) is 0 Å². The van der Waals surface area contributed by atoms with Crippen molar-refractivity contribution in [1.82, 2.24) is 4.98 Å². The third-order valence-corrected chi connectivity index (χ3v) is 3.86. The average Bonchev–Trinajstić information content (AvgIpc) is 2.85. The fourth-order valence-electron chi connectivity index (χ4n) is 1.75. The Morgan fingerprint density at radius 2 is 1.90 bits per heavy atom. The molecule has 0 fully saturated rings. The molecular formula is C15H20ClN3OS. The molecule has 1 aromatic heterocycles. The number of halogens is 1.